The van der Waals surface area contributed by atoms with Crippen molar-refractivity contribution in [2.24, 2.45) is 0 Å². The van der Waals surface area contributed by atoms with E-state index >= 15 is 0 Å². The molecule has 0 saturated carbocycles. The number of likely N-dealkylation sites (N-methyl/N-ethyl adjacent to an activating group) is 1. The van der Waals surface area contributed by atoms with Crippen LogP contribution in [-0.4, -0.2) is 75.6 Å². The number of piperidine rings is 1. The second kappa shape index (κ2) is 10.5. The smallest absolute Gasteiger partial charge is 0.251 e. The van der Waals surface area contributed by atoms with Crippen LogP contribution in [0.25, 0.3) is 0 Å². The van der Waals surface area contributed by atoms with E-state index in [2.05, 4.69) is 52.1 Å². The number of hydrogen-bond donors (Lipinski definition) is 1. The highest BCUT2D eigenvalue weighted by Crippen LogP contribution is 2.39. The topological polar surface area (TPSA) is 59.1 Å². The van der Waals surface area contributed by atoms with Gasteiger partial charge in [0.1, 0.15) is 6.04 Å². The van der Waals surface area contributed by atoms with Gasteiger partial charge in [0.25, 0.3) is 5.91 Å². The number of amides is 2. The number of carbonyl (C=O) groups is 2. The van der Waals surface area contributed by atoms with Crippen molar-refractivity contribution in [3.8, 4) is 0 Å². The number of nitrogens with zero attached hydrogens (tertiary/aromatic N) is 4. The van der Waals surface area contributed by atoms with Crippen molar-refractivity contribution in [2.45, 2.75) is 45.6 Å². The molecule has 192 valence electrons. The third-order valence-electron chi connectivity index (χ3n) is 8.04. The maximum Gasteiger partial charge on any atom is 0.251 e. The van der Waals surface area contributed by atoms with Gasteiger partial charge in [-0.25, -0.2) is 0 Å². The van der Waals surface area contributed by atoms with E-state index in [-0.39, 0.29) is 17.9 Å². The van der Waals surface area contributed by atoms with E-state index in [4.69, 9.17) is 0 Å². The van der Waals surface area contributed by atoms with Gasteiger partial charge < -0.3 is 20.0 Å². The number of hydrogen-bond acceptors (Lipinski definition) is 5. The summed E-state index contributed by atoms with van der Waals surface area (Å²) in [5.41, 5.74) is 6.53. The molecule has 0 aliphatic carbocycles. The van der Waals surface area contributed by atoms with E-state index in [1.807, 2.05) is 25.2 Å². The Kier molecular flexibility index (Phi) is 7.19. The van der Waals surface area contributed by atoms with E-state index in [1.165, 1.54) is 16.8 Å². The molecule has 5 rings (SSSR count). The van der Waals surface area contributed by atoms with Crippen molar-refractivity contribution in [3.05, 3.63) is 53.1 Å². The standard InChI is InChI=1S/C29H39N5O2/c1-21-8-9-22(2)26(19-21)33-17-15-32(16-18-33)13-6-12-30-28(35)23-10-11-24-27(20-23)31(3)29(36)25-7-4-5-14-34(24)25/h8-11,19-20,25H,4-7,12-18H2,1-3H3,(H,30,35). The first-order valence-corrected chi connectivity index (χ1v) is 13.4. The predicted octanol–water partition coefficient (Wildman–Crippen LogP) is 3.58. The summed E-state index contributed by atoms with van der Waals surface area (Å²) in [6.45, 7) is 11.0. The molecule has 2 aromatic rings. The van der Waals surface area contributed by atoms with Crippen LogP contribution in [0.15, 0.2) is 36.4 Å². The van der Waals surface area contributed by atoms with E-state index < -0.39 is 0 Å². The highest BCUT2D eigenvalue weighted by Gasteiger charge is 2.38. The van der Waals surface area contributed by atoms with E-state index in [1.54, 1.807) is 4.90 Å². The molecule has 2 aromatic carbocycles. The lowest BCUT2D eigenvalue weighted by molar-refractivity contribution is -0.120. The molecule has 7 heteroatoms. The summed E-state index contributed by atoms with van der Waals surface area (Å²) in [6, 6.07) is 12.4. The van der Waals surface area contributed by atoms with Crippen molar-refractivity contribution in [2.75, 3.05) is 67.6 Å². The van der Waals surface area contributed by atoms with Crippen LogP contribution in [0.3, 0.4) is 0 Å². The average Bonchev–Trinajstić information content (AvgIpc) is 2.91. The molecular formula is C29H39N5O2. The molecule has 0 aromatic heterocycles. The zero-order valence-corrected chi connectivity index (χ0v) is 21.9. The minimum absolute atomic E-state index is 0.0568. The summed E-state index contributed by atoms with van der Waals surface area (Å²) >= 11 is 0. The molecule has 0 radical (unpaired) electrons. The van der Waals surface area contributed by atoms with Gasteiger partial charge in [-0.1, -0.05) is 12.1 Å². The Morgan fingerprint density at radius 2 is 1.75 bits per heavy atom. The minimum atomic E-state index is -0.0702. The second-order valence-electron chi connectivity index (χ2n) is 10.5. The summed E-state index contributed by atoms with van der Waals surface area (Å²) in [4.78, 5) is 34.7. The monoisotopic (exact) mass is 489 g/mol. The highest BCUT2D eigenvalue weighted by atomic mass is 16.2. The first-order chi connectivity index (χ1) is 17.4. The van der Waals surface area contributed by atoms with Crippen LogP contribution in [0.2, 0.25) is 0 Å². The normalized spacial score (nSPS) is 20.2. The van der Waals surface area contributed by atoms with Crippen LogP contribution in [0.4, 0.5) is 17.1 Å². The maximum absolute atomic E-state index is 12.9. The maximum atomic E-state index is 12.9. The molecule has 36 heavy (non-hydrogen) atoms. The molecule has 3 aliphatic heterocycles. The first kappa shape index (κ1) is 24.6. The van der Waals surface area contributed by atoms with Crippen molar-refractivity contribution in [1.29, 1.82) is 0 Å². The molecule has 3 aliphatic rings. The molecule has 1 N–H and O–H groups in total. The van der Waals surface area contributed by atoms with Gasteiger partial charge in [0.2, 0.25) is 5.91 Å². The van der Waals surface area contributed by atoms with E-state index in [0.29, 0.717) is 12.1 Å². The third kappa shape index (κ3) is 4.94. The van der Waals surface area contributed by atoms with Gasteiger partial charge in [0.05, 0.1) is 11.4 Å². The third-order valence-corrected chi connectivity index (χ3v) is 8.04. The van der Waals surface area contributed by atoms with Crippen molar-refractivity contribution in [3.63, 3.8) is 0 Å². The number of rotatable bonds is 6. The fourth-order valence-electron chi connectivity index (χ4n) is 5.87. The number of anilines is 3. The zero-order valence-electron chi connectivity index (χ0n) is 21.9. The fraction of sp³-hybridized carbons (Fsp3) is 0.517. The first-order valence-electron chi connectivity index (χ1n) is 13.4. The Bertz CT molecular complexity index is 1120. The van der Waals surface area contributed by atoms with Crippen molar-refractivity contribution < 1.29 is 9.59 Å². The van der Waals surface area contributed by atoms with Crippen LogP contribution in [0.5, 0.6) is 0 Å². The van der Waals surface area contributed by atoms with Gasteiger partial charge in [-0.05, 0) is 81.5 Å². The molecule has 1 atom stereocenters. The second-order valence-corrected chi connectivity index (χ2v) is 10.5. The molecule has 1 unspecified atom stereocenters. The summed E-state index contributed by atoms with van der Waals surface area (Å²) in [5, 5.41) is 3.08. The average molecular weight is 490 g/mol. The van der Waals surface area contributed by atoms with Crippen LogP contribution in [0.1, 0.15) is 47.2 Å². The number of nitrogens with one attached hydrogen (secondary N) is 1. The molecular weight excluding hydrogens is 450 g/mol. The zero-order chi connectivity index (χ0) is 25.2. The lowest BCUT2D eigenvalue weighted by Gasteiger charge is -2.44. The van der Waals surface area contributed by atoms with Crippen molar-refractivity contribution >= 4 is 28.9 Å². The Morgan fingerprint density at radius 1 is 0.944 bits per heavy atom. The lowest BCUT2D eigenvalue weighted by atomic mass is 9.96. The Balaban J connectivity index is 1.10. The number of fused-ring (bicyclic) bond motifs is 3. The summed E-state index contributed by atoms with van der Waals surface area (Å²) in [6.07, 6.45) is 4.04. The molecule has 3 heterocycles. The summed E-state index contributed by atoms with van der Waals surface area (Å²) in [5.74, 6) is 0.0663. The largest absolute Gasteiger partial charge is 0.369 e. The van der Waals surface area contributed by atoms with Gasteiger partial charge in [-0.3, -0.25) is 14.5 Å². The van der Waals surface area contributed by atoms with Gasteiger partial charge >= 0.3 is 0 Å². The summed E-state index contributed by atoms with van der Waals surface area (Å²) in [7, 11) is 1.83. The lowest BCUT2D eigenvalue weighted by Crippen LogP contribution is -2.54. The number of aryl methyl sites for hydroxylation is 2. The Hall–Kier alpha value is -3.06. The molecule has 0 bridgehead atoms. The quantitative estimate of drug-likeness (QED) is 0.629. The van der Waals surface area contributed by atoms with E-state index in [9.17, 15) is 9.59 Å². The minimum Gasteiger partial charge on any atom is -0.369 e. The fourth-order valence-corrected chi connectivity index (χ4v) is 5.87. The number of benzene rings is 2. The number of piperazine rings is 1. The highest BCUT2D eigenvalue weighted by molar-refractivity contribution is 6.07. The van der Waals surface area contributed by atoms with Crippen molar-refractivity contribution in [1.82, 2.24) is 10.2 Å². The molecule has 7 nitrogen and oxygen atoms in total. The Morgan fingerprint density at radius 3 is 2.56 bits per heavy atom. The predicted molar refractivity (Wildman–Crippen MR) is 146 cm³/mol. The van der Waals surface area contributed by atoms with Crippen LogP contribution < -0.4 is 20.0 Å². The van der Waals surface area contributed by atoms with Gasteiger partial charge in [0.15, 0.2) is 0 Å². The summed E-state index contributed by atoms with van der Waals surface area (Å²) < 4.78 is 0. The molecule has 0 spiro atoms. The number of carbonyl (C=O) groups excluding carboxylic acids is 2. The molecule has 2 fully saturated rings. The van der Waals surface area contributed by atoms with Gasteiger partial charge in [-0.2, -0.15) is 0 Å². The van der Waals surface area contributed by atoms with E-state index in [0.717, 1.165) is 76.3 Å². The Labute approximate surface area is 215 Å². The van der Waals surface area contributed by atoms with Crippen LogP contribution in [0, 0.1) is 13.8 Å². The van der Waals surface area contributed by atoms with Crippen LogP contribution in [-0.2, 0) is 4.79 Å². The molecule has 2 saturated heterocycles. The van der Waals surface area contributed by atoms with Gasteiger partial charge in [-0.15, -0.1) is 0 Å². The SMILES string of the molecule is Cc1ccc(C)c(N2CCN(CCCNC(=O)c3ccc4c(c3)N(C)C(=O)C3CCCCN43)CC2)c1. The molecule has 2 amide bonds. The van der Waals surface area contributed by atoms with Crippen LogP contribution >= 0.6 is 0 Å². The van der Waals surface area contributed by atoms with Gasteiger partial charge in [0, 0.05) is 57.6 Å².